The maximum atomic E-state index is 11.7. The molecule has 0 aliphatic heterocycles. The predicted molar refractivity (Wildman–Crippen MR) is 66.9 cm³/mol. The predicted octanol–water partition coefficient (Wildman–Crippen LogP) is 4.00. The Morgan fingerprint density at radius 3 is 2.53 bits per heavy atom. The van der Waals surface area contributed by atoms with E-state index in [1.165, 1.54) is 5.56 Å². The third-order valence-corrected chi connectivity index (χ3v) is 2.86. The highest BCUT2D eigenvalue weighted by atomic mass is 79.9. The third kappa shape index (κ3) is 4.17. The Morgan fingerprint density at radius 2 is 2.00 bits per heavy atom. The van der Waals surface area contributed by atoms with Gasteiger partial charge in [0.2, 0.25) is 0 Å². The van der Waals surface area contributed by atoms with Gasteiger partial charge in [-0.25, -0.2) is 0 Å². The summed E-state index contributed by atoms with van der Waals surface area (Å²) < 4.78 is 1.07. The molecule has 1 rings (SSSR count). The van der Waals surface area contributed by atoms with Crippen molar-refractivity contribution in [3.63, 3.8) is 0 Å². The largest absolute Gasteiger partial charge is 0.299 e. The maximum Gasteiger partial charge on any atom is 0.138 e. The fourth-order valence-electron chi connectivity index (χ4n) is 1.33. The molecule has 0 bridgehead atoms. The Labute approximate surface area is 100 Å². The molecule has 1 nitrogen and oxygen atoms in total. The zero-order chi connectivity index (χ0) is 11.5. The van der Waals surface area contributed by atoms with Crippen LogP contribution >= 0.6 is 15.9 Å². The smallest absolute Gasteiger partial charge is 0.138 e. The Bertz CT molecular complexity index is 350. The fourth-order valence-corrected chi connectivity index (χ4v) is 1.77. The molecule has 0 radical (unpaired) electrons. The van der Waals surface area contributed by atoms with Gasteiger partial charge in [-0.15, -0.1) is 0 Å². The molecule has 0 unspecified atom stereocenters. The lowest BCUT2D eigenvalue weighted by molar-refractivity contribution is -0.126. The van der Waals surface area contributed by atoms with Gasteiger partial charge in [0.15, 0.2) is 0 Å². The van der Waals surface area contributed by atoms with Crippen LogP contribution in [-0.4, -0.2) is 5.78 Å². The Kier molecular flexibility index (Phi) is 4.09. The van der Waals surface area contributed by atoms with E-state index in [1.807, 2.05) is 32.9 Å². The number of benzene rings is 1. The van der Waals surface area contributed by atoms with Crippen LogP contribution < -0.4 is 0 Å². The van der Waals surface area contributed by atoms with Crippen LogP contribution in [0.1, 0.15) is 32.8 Å². The topological polar surface area (TPSA) is 17.1 Å². The van der Waals surface area contributed by atoms with E-state index >= 15 is 0 Å². The Morgan fingerprint density at radius 1 is 1.33 bits per heavy atom. The minimum Gasteiger partial charge on any atom is -0.299 e. The van der Waals surface area contributed by atoms with Gasteiger partial charge >= 0.3 is 0 Å². The molecule has 0 fully saturated rings. The van der Waals surface area contributed by atoms with Crippen molar-refractivity contribution in [2.45, 2.75) is 33.6 Å². The molecule has 0 saturated heterocycles. The van der Waals surface area contributed by atoms with Gasteiger partial charge in [0.1, 0.15) is 5.78 Å². The molecule has 0 saturated carbocycles. The van der Waals surface area contributed by atoms with Crippen LogP contribution in [0.4, 0.5) is 0 Å². The van der Waals surface area contributed by atoms with Crippen molar-refractivity contribution in [1.82, 2.24) is 0 Å². The summed E-state index contributed by atoms with van der Waals surface area (Å²) in [6, 6.07) is 8.12. The van der Waals surface area contributed by atoms with E-state index in [-0.39, 0.29) is 5.41 Å². The van der Waals surface area contributed by atoms with E-state index in [2.05, 4.69) is 28.1 Å². The van der Waals surface area contributed by atoms with Crippen molar-refractivity contribution in [2.75, 3.05) is 0 Å². The van der Waals surface area contributed by atoms with Crippen LogP contribution in [0.5, 0.6) is 0 Å². The number of rotatable bonds is 3. The number of carbonyl (C=O) groups excluding carboxylic acids is 1. The normalized spacial score (nSPS) is 11.5. The average molecular weight is 269 g/mol. The molecule has 0 aliphatic carbocycles. The van der Waals surface area contributed by atoms with Crippen molar-refractivity contribution in [2.24, 2.45) is 5.41 Å². The second-order valence-corrected chi connectivity index (χ2v) is 5.72. The number of Topliss-reactive ketones (excluding diaryl/α,β-unsaturated/α-hetero) is 1. The highest BCUT2D eigenvalue weighted by Crippen LogP contribution is 2.19. The number of ketones is 1. The quantitative estimate of drug-likeness (QED) is 0.810. The molecule has 0 spiro atoms. The first-order valence-electron chi connectivity index (χ1n) is 5.17. The molecule has 15 heavy (non-hydrogen) atoms. The maximum absolute atomic E-state index is 11.7. The van der Waals surface area contributed by atoms with Crippen molar-refractivity contribution in [3.05, 3.63) is 34.3 Å². The van der Waals surface area contributed by atoms with Gasteiger partial charge in [-0.05, 0) is 24.1 Å². The van der Waals surface area contributed by atoms with Gasteiger partial charge in [-0.3, -0.25) is 4.79 Å². The number of carbonyl (C=O) groups is 1. The van der Waals surface area contributed by atoms with Crippen LogP contribution in [0.25, 0.3) is 0 Å². The van der Waals surface area contributed by atoms with Crippen molar-refractivity contribution in [3.8, 4) is 0 Å². The van der Waals surface area contributed by atoms with Crippen molar-refractivity contribution >= 4 is 21.7 Å². The Balaban J connectivity index is 2.55. The molecule has 1 aromatic carbocycles. The molecule has 82 valence electrons. The molecule has 0 atom stereocenters. The molecular weight excluding hydrogens is 252 g/mol. The van der Waals surface area contributed by atoms with E-state index < -0.39 is 0 Å². The van der Waals surface area contributed by atoms with E-state index in [4.69, 9.17) is 0 Å². The van der Waals surface area contributed by atoms with Gasteiger partial charge < -0.3 is 0 Å². The first kappa shape index (κ1) is 12.4. The average Bonchev–Trinajstić information content (AvgIpc) is 2.12. The van der Waals surface area contributed by atoms with E-state index in [9.17, 15) is 4.79 Å². The molecule has 0 aliphatic rings. The lowest BCUT2D eigenvalue weighted by Gasteiger charge is -2.16. The summed E-state index contributed by atoms with van der Waals surface area (Å²) in [5.74, 6) is 0.322. The second-order valence-electron chi connectivity index (χ2n) is 4.80. The summed E-state index contributed by atoms with van der Waals surface area (Å²) in [5.41, 5.74) is 0.994. The van der Waals surface area contributed by atoms with Gasteiger partial charge in [0, 0.05) is 16.3 Å². The van der Waals surface area contributed by atoms with E-state index in [1.54, 1.807) is 0 Å². The molecule has 0 amide bonds. The monoisotopic (exact) mass is 268 g/mol. The van der Waals surface area contributed by atoms with Crippen LogP contribution in [0.15, 0.2) is 28.7 Å². The summed E-state index contributed by atoms with van der Waals surface area (Å²) in [6.45, 7) is 5.91. The van der Waals surface area contributed by atoms with E-state index in [0.717, 1.165) is 10.9 Å². The van der Waals surface area contributed by atoms with Gasteiger partial charge in [-0.1, -0.05) is 48.8 Å². The Hall–Kier alpha value is -0.630. The third-order valence-electron chi connectivity index (χ3n) is 2.37. The lowest BCUT2D eigenvalue weighted by Crippen LogP contribution is -2.20. The first-order chi connectivity index (χ1) is 6.89. The minimum absolute atomic E-state index is 0.216. The van der Waals surface area contributed by atoms with Gasteiger partial charge in [0.05, 0.1) is 0 Å². The molecule has 2 heteroatoms. The molecular formula is C13H17BrO. The number of aryl methyl sites for hydroxylation is 1. The van der Waals surface area contributed by atoms with Crippen LogP contribution in [0, 0.1) is 5.41 Å². The molecule has 0 aromatic heterocycles. The van der Waals surface area contributed by atoms with Crippen molar-refractivity contribution < 1.29 is 4.79 Å². The standard InChI is InChI=1S/C13H17BrO/c1-13(2,3)12(15)8-7-10-5-4-6-11(14)9-10/h4-6,9H,7-8H2,1-3H3. The molecule has 0 heterocycles. The minimum atomic E-state index is -0.216. The first-order valence-corrected chi connectivity index (χ1v) is 5.96. The number of halogens is 1. The van der Waals surface area contributed by atoms with Crippen LogP contribution in [0.2, 0.25) is 0 Å². The van der Waals surface area contributed by atoms with Crippen LogP contribution in [0.3, 0.4) is 0 Å². The zero-order valence-corrected chi connectivity index (χ0v) is 11.1. The zero-order valence-electron chi connectivity index (χ0n) is 9.51. The molecule has 1 aromatic rings. The van der Waals surface area contributed by atoms with Gasteiger partial charge in [0.25, 0.3) is 0 Å². The summed E-state index contributed by atoms with van der Waals surface area (Å²) in [6.07, 6.45) is 1.45. The number of hydrogen-bond donors (Lipinski definition) is 0. The van der Waals surface area contributed by atoms with Crippen molar-refractivity contribution in [1.29, 1.82) is 0 Å². The summed E-state index contributed by atoms with van der Waals surface area (Å²) >= 11 is 3.42. The highest BCUT2D eigenvalue weighted by molar-refractivity contribution is 9.10. The lowest BCUT2D eigenvalue weighted by atomic mass is 9.87. The summed E-state index contributed by atoms with van der Waals surface area (Å²) in [7, 11) is 0. The second kappa shape index (κ2) is 4.93. The fraction of sp³-hybridized carbons (Fsp3) is 0.462. The molecule has 0 N–H and O–H groups in total. The highest BCUT2D eigenvalue weighted by Gasteiger charge is 2.20. The summed E-state index contributed by atoms with van der Waals surface area (Å²) in [4.78, 5) is 11.7. The van der Waals surface area contributed by atoms with Gasteiger partial charge in [-0.2, -0.15) is 0 Å². The summed E-state index contributed by atoms with van der Waals surface area (Å²) in [5, 5.41) is 0. The SMILES string of the molecule is CC(C)(C)C(=O)CCc1cccc(Br)c1. The number of hydrogen-bond acceptors (Lipinski definition) is 1. The van der Waals surface area contributed by atoms with Crippen LogP contribution in [-0.2, 0) is 11.2 Å². The van der Waals surface area contributed by atoms with E-state index in [0.29, 0.717) is 12.2 Å².